The predicted octanol–water partition coefficient (Wildman–Crippen LogP) is 1.09. The molecule has 18 heavy (non-hydrogen) atoms. The molecule has 0 unspecified atom stereocenters. The van der Waals surface area contributed by atoms with Gasteiger partial charge in [0.2, 0.25) is 11.8 Å². The molecule has 1 aromatic rings. The Balaban J connectivity index is 2.31. The summed E-state index contributed by atoms with van der Waals surface area (Å²) in [4.78, 5) is 21.9. The van der Waals surface area contributed by atoms with Gasteiger partial charge in [0.1, 0.15) is 5.82 Å². The molecule has 0 aliphatic rings. The molecule has 5 heteroatoms. The predicted molar refractivity (Wildman–Crippen MR) is 67.1 cm³/mol. The minimum Gasteiger partial charge on any atom is -0.355 e. The molecule has 4 nitrogen and oxygen atoms in total. The Kier molecular flexibility index (Phi) is 5.57. The molecule has 1 rings (SSSR count). The van der Waals surface area contributed by atoms with Crippen molar-refractivity contribution < 1.29 is 14.0 Å². The van der Waals surface area contributed by atoms with E-state index in [2.05, 4.69) is 10.6 Å². The number of hydrogen-bond donors (Lipinski definition) is 2. The number of amides is 2. The second-order valence-electron chi connectivity index (χ2n) is 3.66. The first-order valence-electron chi connectivity index (χ1n) is 5.54. The highest BCUT2D eigenvalue weighted by molar-refractivity contribution is 5.91. The van der Waals surface area contributed by atoms with Crippen molar-refractivity contribution in [3.63, 3.8) is 0 Å². The molecule has 0 saturated heterocycles. The topological polar surface area (TPSA) is 58.2 Å². The van der Waals surface area contributed by atoms with Gasteiger partial charge in [0.05, 0.1) is 0 Å². The van der Waals surface area contributed by atoms with E-state index in [9.17, 15) is 14.0 Å². The zero-order chi connectivity index (χ0) is 13.4. The third-order valence-electron chi connectivity index (χ3n) is 2.10. The fourth-order valence-corrected chi connectivity index (χ4v) is 1.23. The highest BCUT2D eigenvalue weighted by Gasteiger charge is 1.95. The first kappa shape index (κ1) is 13.9. The van der Waals surface area contributed by atoms with Crippen molar-refractivity contribution in [1.82, 2.24) is 10.6 Å². The Morgan fingerprint density at radius 3 is 2.39 bits per heavy atom. The lowest BCUT2D eigenvalue weighted by Crippen LogP contribution is -2.32. The van der Waals surface area contributed by atoms with Crippen LogP contribution in [-0.2, 0) is 9.59 Å². The van der Waals surface area contributed by atoms with Crippen LogP contribution < -0.4 is 10.6 Å². The average Bonchev–Trinajstić information content (AvgIpc) is 2.34. The van der Waals surface area contributed by atoms with Gasteiger partial charge in [0, 0.05) is 26.1 Å². The third-order valence-corrected chi connectivity index (χ3v) is 2.10. The normalized spacial score (nSPS) is 10.3. The minimum absolute atomic E-state index is 0.133. The van der Waals surface area contributed by atoms with Crippen molar-refractivity contribution in [1.29, 1.82) is 0 Å². The van der Waals surface area contributed by atoms with Crippen molar-refractivity contribution >= 4 is 17.9 Å². The number of nitrogens with one attached hydrogen (secondary N) is 2. The van der Waals surface area contributed by atoms with Gasteiger partial charge >= 0.3 is 0 Å². The fraction of sp³-hybridized carbons (Fsp3) is 0.231. The maximum absolute atomic E-state index is 12.6. The zero-order valence-corrected chi connectivity index (χ0v) is 10.1. The van der Waals surface area contributed by atoms with Crippen LogP contribution in [0.1, 0.15) is 12.5 Å². The van der Waals surface area contributed by atoms with E-state index in [0.717, 1.165) is 5.56 Å². The zero-order valence-electron chi connectivity index (χ0n) is 10.1. The van der Waals surface area contributed by atoms with Crippen molar-refractivity contribution in [3.05, 3.63) is 41.7 Å². The molecule has 2 amide bonds. The molecule has 0 aliphatic heterocycles. The van der Waals surface area contributed by atoms with E-state index in [-0.39, 0.29) is 17.6 Å². The number of halogens is 1. The third kappa shape index (κ3) is 5.79. The van der Waals surface area contributed by atoms with E-state index < -0.39 is 0 Å². The molecule has 0 aliphatic carbocycles. The standard InChI is InChI=1S/C13H15FN2O2/c1-10(17)15-8-9-16-13(18)7-4-11-2-5-12(14)6-3-11/h2-7H,8-9H2,1H3,(H,15,17)(H,16,18). The van der Waals surface area contributed by atoms with Crippen LogP contribution in [0.5, 0.6) is 0 Å². The summed E-state index contributed by atoms with van der Waals surface area (Å²) in [6.07, 6.45) is 2.95. The van der Waals surface area contributed by atoms with Gasteiger partial charge in [0.15, 0.2) is 0 Å². The van der Waals surface area contributed by atoms with Gasteiger partial charge in [-0.2, -0.15) is 0 Å². The Bertz CT molecular complexity index is 441. The summed E-state index contributed by atoms with van der Waals surface area (Å²) < 4.78 is 12.6. The first-order valence-corrected chi connectivity index (χ1v) is 5.54. The van der Waals surface area contributed by atoms with Crippen LogP contribution >= 0.6 is 0 Å². The Morgan fingerprint density at radius 2 is 1.78 bits per heavy atom. The van der Waals surface area contributed by atoms with Gasteiger partial charge < -0.3 is 10.6 Å². The highest BCUT2D eigenvalue weighted by atomic mass is 19.1. The molecule has 0 spiro atoms. The van der Waals surface area contributed by atoms with Gasteiger partial charge in [-0.15, -0.1) is 0 Å². The SMILES string of the molecule is CC(=O)NCCNC(=O)C=Cc1ccc(F)cc1. The Labute approximate surface area is 105 Å². The highest BCUT2D eigenvalue weighted by Crippen LogP contribution is 2.04. The van der Waals surface area contributed by atoms with Crippen molar-refractivity contribution in [3.8, 4) is 0 Å². The van der Waals surface area contributed by atoms with E-state index in [4.69, 9.17) is 0 Å². The summed E-state index contributed by atoms with van der Waals surface area (Å²) in [6, 6.07) is 5.82. The van der Waals surface area contributed by atoms with Gasteiger partial charge in [0.25, 0.3) is 0 Å². The van der Waals surface area contributed by atoms with Gasteiger partial charge in [-0.05, 0) is 23.8 Å². The van der Waals surface area contributed by atoms with E-state index >= 15 is 0 Å². The quantitative estimate of drug-likeness (QED) is 0.607. The van der Waals surface area contributed by atoms with E-state index in [1.54, 1.807) is 18.2 Å². The smallest absolute Gasteiger partial charge is 0.244 e. The largest absolute Gasteiger partial charge is 0.355 e. The molecular formula is C13H15FN2O2. The molecule has 0 saturated carbocycles. The van der Waals surface area contributed by atoms with Crippen LogP contribution in [0.25, 0.3) is 6.08 Å². The molecule has 0 atom stereocenters. The van der Waals surface area contributed by atoms with Crippen molar-refractivity contribution in [2.24, 2.45) is 0 Å². The summed E-state index contributed by atoms with van der Waals surface area (Å²) in [5.74, 6) is -0.706. The molecule has 0 fully saturated rings. The molecule has 96 valence electrons. The Morgan fingerprint density at radius 1 is 1.17 bits per heavy atom. The van der Waals surface area contributed by atoms with Crippen LogP contribution in [-0.4, -0.2) is 24.9 Å². The van der Waals surface area contributed by atoms with Crippen molar-refractivity contribution in [2.45, 2.75) is 6.92 Å². The number of carbonyl (C=O) groups excluding carboxylic acids is 2. The first-order chi connectivity index (χ1) is 8.58. The molecule has 1 aromatic carbocycles. The van der Waals surface area contributed by atoms with Crippen molar-refractivity contribution in [2.75, 3.05) is 13.1 Å². The molecule has 2 N–H and O–H groups in total. The summed E-state index contributed by atoms with van der Waals surface area (Å²) >= 11 is 0. The van der Waals surface area contributed by atoms with E-state index in [1.807, 2.05) is 0 Å². The van der Waals surface area contributed by atoms with Crippen LogP contribution in [0.2, 0.25) is 0 Å². The molecule has 0 heterocycles. The maximum Gasteiger partial charge on any atom is 0.244 e. The molecule has 0 radical (unpaired) electrons. The summed E-state index contributed by atoms with van der Waals surface area (Å²) in [6.45, 7) is 2.17. The lowest BCUT2D eigenvalue weighted by Gasteiger charge is -2.02. The van der Waals surface area contributed by atoms with E-state index in [1.165, 1.54) is 25.1 Å². The lowest BCUT2D eigenvalue weighted by molar-refractivity contribution is -0.119. The number of rotatable bonds is 5. The minimum atomic E-state index is -0.313. The summed E-state index contributed by atoms with van der Waals surface area (Å²) in [7, 11) is 0. The second kappa shape index (κ2) is 7.21. The lowest BCUT2D eigenvalue weighted by atomic mass is 10.2. The van der Waals surface area contributed by atoms with Crippen LogP contribution in [0.4, 0.5) is 4.39 Å². The van der Waals surface area contributed by atoms with Crippen LogP contribution in [0, 0.1) is 5.82 Å². The van der Waals surface area contributed by atoms with Gasteiger partial charge in [-0.3, -0.25) is 9.59 Å². The second-order valence-corrected chi connectivity index (χ2v) is 3.66. The van der Waals surface area contributed by atoms with Gasteiger partial charge in [-0.25, -0.2) is 4.39 Å². The summed E-state index contributed by atoms with van der Waals surface area (Å²) in [5, 5.41) is 5.17. The van der Waals surface area contributed by atoms with Gasteiger partial charge in [-0.1, -0.05) is 12.1 Å². The monoisotopic (exact) mass is 250 g/mol. The molecular weight excluding hydrogens is 235 g/mol. The number of benzene rings is 1. The fourth-order valence-electron chi connectivity index (χ4n) is 1.23. The average molecular weight is 250 g/mol. The molecule has 0 aromatic heterocycles. The van der Waals surface area contributed by atoms with E-state index in [0.29, 0.717) is 13.1 Å². The Hall–Kier alpha value is -2.17. The number of carbonyl (C=O) groups is 2. The number of hydrogen-bond acceptors (Lipinski definition) is 2. The summed E-state index contributed by atoms with van der Waals surface area (Å²) in [5.41, 5.74) is 0.744. The van der Waals surface area contributed by atoms with Crippen LogP contribution in [0.15, 0.2) is 30.3 Å². The molecule has 0 bridgehead atoms. The van der Waals surface area contributed by atoms with Crippen LogP contribution in [0.3, 0.4) is 0 Å². The maximum atomic E-state index is 12.6.